The van der Waals surface area contributed by atoms with Crippen molar-refractivity contribution >= 4 is 0 Å². The molecule has 0 radical (unpaired) electrons. The molecule has 0 aromatic heterocycles. The number of piperidine rings is 1. The van der Waals surface area contributed by atoms with Crippen LogP contribution in [0.2, 0.25) is 0 Å². The largest absolute Gasteiger partial charge is 0.395 e. The molecule has 1 N–H and O–H groups in total. The maximum absolute atomic E-state index is 8.58. The summed E-state index contributed by atoms with van der Waals surface area (Å²) in [6.45, 7) is 11.6. The molecule has 2 heteroatoms. The van der Waals surface area contributed by atoms with Crippen LogP contribution in [-0.2, 0) is 0 Å². The zero-order valence-electron chi connectivity index (χ0n) is 9.84. The van der Waals surface area contributed by atoms with E-state index in [1.165, 1.54) is 32.4 Å². The lowest BCUT2D eigenvalue weighted by atomic mass is 10.1. The van der Waals surface area contributed by atoms with Gasteiger partial charge in [-0.3, -0.25) is 0 Å². The summed E-state index contributed by atoms with van der Waals surface area (Å²) in [4.78, 5) is 2.32. The van der Waals surface area contributed by atoms with Gasteiger partial charge in [0.15, 0.2) is 0 Å². The molecule has 0 bridgehead atoms. The van der Waals surface area contributed by atoms with Gasteiger partial charge < -0.3 is 10.0 Å². The minimum absolute atomic E-state index is 0.319. The van der Waals surface area contributed by atoms with E-state index in [9.17, 15) is 0 Å². The van der Waals surface area contributed by atoms with Gasteiger partial charge in [-0.2, -0.15) is 0 Å². The molecular formula is C11H27NO. The van der Waals surface area contributed by atoms with Crippen LogP contribution in [0.4, 0.5) is 0 Å². The van der Waals surface area contributed by atoms with Crippen LogP contribution in [0.25, 0.3) is 0 Å². The molecule has 0 saturated carbocycles. The highest BCUT2D eigenvalue weighted by atomic mass is 16.3. The number of rotatable bonds is 2. The van der Waals surface area contributed by atoms with Crippen LogP contribution in [0.1, 0.15) is 47.0 Å². The first kappa shape index (κ1) is 15.4. The van der Waals surface area contributed by atoms with Crippen LogP contribution in [-0.4, -0.2) is 36.2 Å². The molecule has 0 spiro atoms. The summed E-state index contributed by atoms with van der Waals surface area (Å²) in [5, 5.41) is 8.58. The van der Waals surface area contributed by atoms with Crippen LogP contribution >= 0.6 is 0 Å². The van der Waals surface area contributed by atoms with Gasteiger partial charge in [-0.25, -0.2) is 0 Å². The first-order chi connectivity index (χ1) is 6.43. The molecule has 1 aliphatic heterocycles. The van der Waals surface area contributed by atoms with Gasteiger partial charge >= 0.3 is 0 Å². The predicted molar refractivity (Wildman–Crippen MR) is 60.1 cm³/mol. The van der Waals surface area contributed by atoms with Crippen molar-refractivity contribution in [1.82, 2.24) is 4.90 Å². The maximum atomic E-state index is 8.58. The van der Waals surface area contributed by atoms with Crippen molar-refractivity contribution in [2.75, 3.05) is 26.2 Å². The SMILES string of the molecule is CC.CC.OCCN1CCCCC1. The average molecular weight is 189 g/mol. The third kappa shape index (κ3) is 9.84. The zero-order chi connectivity index (χ0) is 10.5. The topological polar surface area (TPSA) is 23.5 Å². The second-order valence-corrected chi connectivity index (χ2v) is 2.63. The smallest absolute Gasteiger partial charge is 0.0558 e. The fourth-order valence-corrected chi connectivity index (χ4v) is 1.32. The predicted octanol–water partition coefficient (Wildman–Crippen LogP) is 2.52. The van der Waals surface area contributed by atoms with Gasteiger partial charge in [0.2, 0.25) is 0 Å². The molecule has 0 aliphatic carbocycles. The summed E-state index contributed by atoms with van der Waals surface area (Å²) in [6, 6.07) is 0. The maximum Gasteiger partial charge on any atom is 0.0558 e. The Balaban J connectivity index is 0. The van der Waals surface area contributed by atoms with Crippen LogP contribution in [0, 0.1) is 0 Å². The number of nitrogens with zero attached hydrogens (tertiary/aromatic N) is 1. The molecule has 1 saturated heterocycles. The number of β-amino-alcohol motifs (C(OH)–C–C–N with tert-alkyl or cyclic N) is 1. The highest BCUT2D eigenvalue weighted by Crippen LogP contribution is 2.06. The van der Waals surface area contributed by atoms with E-state index in [1.54, 1.807) is 0 Å². The highest BCUT2D eigenvalue weighted by Gasteiger charge is 2.07. The number of likely N-dealkylation sites (tertiary alicyclic amines) is 1. The van der Waals surface area contributed by atoms with E-state index in [0.717, 1.165) is 6.54 Å². The lowest BCUT2D eigenvalue weighted by Gasteiger charge is -2.25. The van der Waals surface area contributed by atoms with Gasteiger partial charge in [0.05, 0.1) is 6.61 Å². The van der Waals surface area contributed by atoms with E-state index in [2.05, 4.69) is 4.90 Å². The van der Waals surface area contributed by atoms with Crippen LogP contribution in [0.15, 0.2) is 0 Å². The Bertz CT molecular complexity index is 67.7. The van der Waals surface area contributed by atoms with Crippen molar-refractivity contribution in [3.8, 4) is 0 Å². The first-order valence-corrected chi connectivity index (χ1v) is 5.76. The third-order valence-corrected chi connectivity index (χ3v) is 1.86. The van der Waals surface area contributed by atoms with Crippen LogP contribution in [0.5, 0.6) is 0 Å². The van der Waals surface area contributed by atoms with Gasteiger partial charge in [-0.15, -0.1) is 0 Å². The molecule has 82 valence electrons. The Labute approximate surface area is 83.9 Å². The molecule has 1 rings (SSSR count). The standard InChI is InChI=1S/C7H15NO.2C2H6/c9-7-6-8-4-2-1-3-5-8;2*1-2/h9H,1-7H2;2*1-2H3. The Kier molecular flexibility index (Phi) is 17.1. The second-order valence-electron chi connectivity index (χ2n) is 2.63. The summed E-state index contributed by atoms with van der Waals surface area (Å²) < 4.78 is 0. The second kappa shape index (κ2) is 14.4. The molecule has 1 fully saturated rings. The van der Waals surface area contributed by atoms with E-state index in [0.29, 0.717) is 6.61 Å². The zero-order valence-corrected chi connectivity index (χ0v) is 9.84. The minimum atomic E-state index is 0.319. The van der Waals surface area contributed by atoms with Crippen molar-refractivity contribution in [3.05, 3.63) is 0 Å². The normalized spacial score (nSPS) is 16.4. The first-order valence-electron chi connectivity index (χ1n) is 5.76. The Morgan fingerprint density at radius 2 is 1.38 bits per heavy atom. The Morgan fingerprint density at radius 3 is 1.77 bits per heavy atom. The summed E-state index contributed by atoms with van der Waals surface area (Å²) in [5.41, 5.74) is 0. The fourth-order valence-electron chi connectivity index (χ4n) is 1.32. The Hall–Kier alpha value is -0.0800. The van der Waals surface area contributed by atoms with E-state index >= 15 is 0 Å². The van der Waals surface area contributed by atoms with Gasteiger partial charge in [-0.1, -0.05) is 34.1 Å². The molecule has 1 aliphatic rings. The lowest BCUT2D eigenvalue weighted by molar-refractivity contribution is 0.173. The quantitative estimate of drug-likeness (QED) is 0.721. The number of aliphatic hydroxyl groups excluding tert-OH is 1. The molecule has 13 heavy (non-hydrogen) atoms. The monoisotopic (exact) mass is 189 g/mol. The molecule has 0 aromatic carbocycles. The number of hydrogen-bond acceptors (Lipinski definition) is 2. The van der Waals surface area contributed by atoms with Gasteiger partial charge in [0.25, 0.3) is 0 Å². The van der Waals surface area contributed by atoms with Crippen molar-refractivity contribution < 1.29 is 5.11 Å². The van der Waals surface area contributed by atoms with Gasteiger partial charge in [0.1, 0.15) is 0 Å². The molecule has 0 atom stereocenters. The highest BCUT2D eigenvalue weighted by molar-refractivity contribution is 4.62. The van der Waals surface area contributed by atoms with Crippen molar-refractivity contribution in [1.29, 1.82) is 0 Å². The van der Waals surface area contributed by atoms with E-state index in [-0.39, 0.29) is 0 Å². The fraction of sp³-hybridized carbons (Fsp3) is 1.00. The molecule has 1 heterocycles. The van der Waals surface area contributed by atoms with Crippen molar-refractivity contribution in [3.63, 3.8) is 0 Å². The Morgan fingerprint density at radius 1 is 0.923 bits per heavy atom. The molecule has 2 nitrogen and oxygen atoms in total. The van der Waals surface area contributed by atoms with Crippen molar-refractivity contribution in [2.24, 2.45) is 0 Å². The lowest BCUT2D eigenvalue weighted by Crippen LogP contribution is -2.31. The molecule has 0 unspecified atom stereocenters. The van der Waals surface area contributed by atoms with E-state index in [4.69, 9.17) is 5.11 Å². The number of hydrogen-bond donors (Lipinski definition) is 1. The molecule has 0 amide bonds. The van der Waals surface area contributed by atoms with E-state index in [1.807, 2.05) is 27.7 Å². The molecule has 0 aromatic rings. The summed E-state index contributed by atoms with van der Waals surface area (Å²) in [5.74, 6) is 0. The average Bonchev–Trinajstić information content (AvgIpc) is 2.26. The van der Waals surface area contributed by atoms with E-state index < -0.39 is 0 Å². The van der Waals surface area contributed by atoms with Gasteiger partial charge in [0, 0.05) is 6.54 Å². The summed E-state index contributed by atoms with van der Waals surface area (Å²) in [6.07, 6.45) is 4.02. The summed E-state index contributed by atoms with van der Waals surface area (Å²) >= 11 is 0. The minimum Gasteiger partial charge on any atom is -0.395 e. The number of aliphatic hydroxyl groups is 1. The van der Waals surface area contributed by atoms with Crippen LogP contribution < -0.4 is 0 Å². The molecular weight excluding hydrogens is 162 g/mol. The third-order valence-electron chi connectivity index (χ3n) is 1.86. The van der Waals surface area contributed by atoms with Crippen molar-refractivity contribution in [2.45, 2.75) is 47.0 Å². The summed E-state index contributed by atoms with van der Waals surface area (Å²) in [7, 11) is 0. The van der Waals surface area contributed by atoms with Gasteiger partial charge in [-0.05, 0) is 25.9 Å². The van der Waals surface area contributed by atoms with Crippen LogP contribution in [0.3, 0.4) is 0 Å².